The number of alkyl halides is 1. The van der Waals surface area contributed by atoms with Gasteiger partial charge in [-0.1, -0.05) is 36.1 Å². The molecular weight excluding hydrogens is 455 g/mol. The average molecular weight is 489 g/mol. The van der Waals surface area contributed by atoms with Crippen LogP contribution in [0, 0.1) is 11.8 Å². The Morgan fingerprint density at radius 3 is 2.36 bits per heavy atom. The zero-order valence-electron chi connectivity index (χ0n) is 20.6. The first kappa shape index (κ1) is 25.6. The van der Waals surface area contributed by atoms with Gasteiger partial charge in [-0.2, -0.15) is 0 Å². The van der Waals surface area contributed by atoms with Crippen LogP contribution in [0.15, 0.2) is 59.7 Å². The van der Waals surface area contributed by atoms with Crippen LogP contribution in [0.2, 0.25) is 0 Å². The number of H-pyrrole nitrogens is 1. The summed E-state index contributed by atoms with van der Waals surface area (Å²) in [5, 5.41) is 13.3. The molecule has 7 heteroatoms. The number of aromatic hydroxyl groups is 1. The van der Waals surface area contributed by atoms with E-state index in [1.165, 1.54) is 37.8 Å². The van der Waals surface area contributed by atoms with Crippen LogP contribution in [-0.2, 0) is 13.0 Å². The van der Waals surface area contributed by atoms with Gasteiger partial charge in [0.2, 0.25) is 5.75 Å². The van der Waals surface area contributed by atoms with Crippen molar-refractivity contribution in [1.29, 1.82) is 0 Å². The van der Waals surface area contributed by atoms with Crippen molar-refractivity contribution in [1.82, 2.24) is 20.2 Å². The fraction of sp³-hybridized carbons (Fsp3) is 0.379. The third-order valence-electron chi connectivity index (χ3n) is 6.58. The molecule has 1 fully saturated rings. The number of benzene rings is 2. The van der Waals surface area contributed by atoms with Crippen LogP contribution in [0.1, 0.15) is 53.6 Å². The first-order valence-electron chi connectivity index (χ1n) is 12.5. The van der Waals surface area contributed by atoms with Crippen molar-refractivity contribution in [2.24, 2.45) is 0 Å². The average Bonchev–Trinajstić information content (AvgIpc) is 3.42. The molecule has 0 aliphatic carbocycles. The van der Waals surface area contributed by atoms with Crippen molar-refractivity contribution < 1.29 is 9.50 Å². The number of hydrogen-bond acceptors (Lipinski definition) is 5. The van der Waals surface area contributed by atoms with Crippen molar-refractivity contribution in [3.63, 3.8) is 0 Å². The maximum Gasteiger partial charge on any atom is 0.293 e. The van der Waals surface area contributed by atoms with Gasteiger partial charge in [0.05, 0.1) is 12.0 Å². The van der Waals surface area contributed by atoms with Crippen LogP contribution in [0.25, 0.3) is 0 Å². The molecule has 1 aliphatic rings. The summed E-state index contributed by atoms with van der Waals surface area (Å²) in [6, 6.07) is 16.0. The summed E-state index contributed by atoms with van der Waals surface area (Å²) in [5.41, 5.74) is 3.92. The van der Waals surface area contributed by atoms with Crippen molar-refractivity contribution in [2.45, 2.75) is 44.7 Å². The molecule has 0 radical (unpaired) electrons. The molecule has 2 aromatic carbocycles. The molecule has 4 rings (SSSR count). The Bertz CT molecular complexity index is 1240. The minimum Gasteiger partial charge on any atom is -0.502 e. The summed E-state index contributed by atoms with van der Waals surface area (Å²) in [6.07, 6.45) is 4.21. The third-order valence-corrected chi connectivity index (χ3v) is 6.58. The predicted molar refractivity (Wildman–Crippen MR) is 140 cm³/mol. The zero-order valence-corrected chi connectivity index (χ0v) is 20.6. The monoisotopic (exact) mass is 488 g/mol. The van der Waals surface area contributed by atoms with E-state index in [1.807, 2.05) is 24.3 Å². The number of nitrogens with one attached hydrogen (secondary N) is 2. The Labute approximate surface area is 211 Å². The highest BCUT2D eigenvalue weighted by molar-refractivity contribution is 5.44. The molecule has 1 aromatic heterocycles. The van der Waals surface area contributed by atoms with Gasteiger partial charge in [0.15, 0.2) is 0 Å². The molecule has 3 N–H and O–H groups in total. The van der Waals surface area contributed by atoms with Gasteiger partial charge < -0.3 is 15.4 Å². The quantitative estimate of drug-likeness (QED) is 0.400. The molecule has 2 atom stereocenters. The number of nitrogens with zero attached hydrogens (tertiary/aromatic N) is 2. The minimum atomic E-state index is -0.571. The lowest BCUT2D eigenvalue weighted by Gasteiger charge is -2.20. The molecule has 1 aliphatic heterocycles. The fourth-order valence-electron chi connectivity index (χ4n) is 4.39. The second-order valence-corrected chi connectivity index (χ2v) is 9.44. The standard InChI is InChI=1S/C29H33FN4O2/c1-21(17-30)31-18-26(16-27-28(35)29(36)33-20-32-27)25-12-10-23(11-13-25)5-4-22-6-8-24(9-7-22)19-34-14-2-3-15-34/h6-13,20-21,26,31,35H,2-3,14-19H2,1H3,(H,32,33,36)/t21-,26?/m0/s1. The van der Waals surface area contributed by atoms with Crippen LogP contribution in [-0.4, -0.2) is 52.3 Å². The topological polar surface area (TPSA) is 81.2 Å². The van der Waals surface area contributed by atoms with E-state index in [9.17, 15) is 14.3 Å². The summed E-state index contributed by atoms with van der Waals surface area (Å²) in [5.74, 6) is 5.97. The van der Waals surface area contributed by atoms with Gasteiger partial charge >= 0.3 is 0 Å². The number of halogens is 1. The van der Waals surface area contributed by atoms with E-state index >= 15 is 0 Å². The van der Waals surface area contributed by atoms with Gasteiger partial charge in [-0.05, 0) is 68.2 Å². The van der Waals surface area contributed by atoms with Crippen LogP contribution >= 0.6 is 0 Å². The van der Waals surface area contributed by atoms with Gasteiger partial charge in [-0.15, -0.1) is 0 Å². The highest BCUT2D eigenvalue weighted by atomic mass is 19.1. The Morgan fingerprint density at radius 2 is 1.72 bits per heavy atom. The summed E-state index contributed by atoms with van der Waals surface area (Å²) in [7, 11) is 0. The summed E-state index contributed by atoms with van der Waals surface area (Å²) < 4.78 is 13.0. The number of hydrogen-bond donors (Lipinski definition) is 3. The van der Waals surface area contributed by atoms with E-state index in [-0.39, 0.29) is 17.7 Å². The molecule has 6 nitrogen and oxygen atoms in total. The lowest BCUT2D eigenvalue weighted by atomic mass is 9.92. The van der Waals surface area contributed by atoms with Crippen molar-refractivity contribution in [3.05, 3.63) is 93.2 Å². The van der Waals surface area contributed by atoms with Gasteiger partial charge in [-0.25, -0.2) is 9.37 Å². The summed E-state index contributed by atoms with van der Waals surface area (Å²) in [4.78, 5) is 20.8. The Balaban J connectivity index is 1.44. The lowest BCUT2D eigenvalue weighted by molar-refractivity contribution is 0.331. The first-order chi connectivity index (χ1) is 17.5. The van der Waals surface area contributed by atoms with Gasteiger partial charge in [-0.3, -0.25) is 9.69 Å². The highest BCUT2D eigenvalue weighted by Crippen LogP contribution is 2.23. The van der Waals surface area contributed by atoms with Gasteiger partial charge in [0, 0.05) is 42.6 Å². The number of likely N-dealkylation sites (tertiary alicyclic amines) is 1. The molecule has 1 unspecified atom stereocenters. The summed E-state index contributed by atoms with van der Waals surface area (Å²) >= 11 is 0. The van der Waals surface area contributed by atoms with Crippen LogP contribution in [0.3, 0.4) is 0 Å². The van der Waals surface area contributed by atoms with Crippen LogP contribution in [0.5, 0.6) is 5.75 Å². The van der Waals surface area contributed by atoms with Crippen molar-refractivity contribution in [2.75, 3.05) is 26.3 Å². The second-order valence-electron chi connectivity index (χ2n) is 9.44. The molecule has 0 bridgehead atoms. The van der Waals surface area contributed by atoms with E-state index in [2.05, 4.69) is 56.3 Å². The molecule has 0 saturated carbocycles. The van der Waals surface area contributed by atoms with E-state index in [1.54, 1.807) is 6.92 Å². The fourth-order valence-corrected chi connectivity index (χ4v) is 4.39. The molecular formula is C29H33FN4O2. The van der Waals surface area contributed by atoms with E-state index in [0.717, 1.165) is 23.2 Å². The SMILES string of the molecule is C[C@@H](CF)NCC(Cc1nc[nH]c(=O)c1O)c1ccc(C#Cc2ccc(CN3CCCC3)cc2)cc1. The molecule has 0 amide bonds. The van der Waals surface area contributed by atoms with Gasteiger partial charge in [0.25, 0.3) is 5.56 Å². The molecule has 188 valence electrons. The Hall–Kier alpha value is -3.47. The largest absolute Gasteiger partial charge is 0.502 e. The van der Waals surface area contributed by atoms with Crippen molar-refractivity contribution in [3.8, 4) is 17.6 Å². The number of aromatic amines is 1. The minimum absolute atomic E-state index is 0.107. The number of rotatable bonds is 9. The molecule has 1 saturated heterocycles. The Kier molecular flexibility index (Phi) is 8.88. The summed E-state index contributed by atoms with van der Waals surface area (Å²) in [6.45, 7) is 5.15. The van der Waals surface area contributed by atoms with Crippen molar-refractivity contribution >= 4 is 0 Å². The maximum atomic E-state index is 13.0. The maximum absolute atomic E-state index is 13.0. The first-order valence-corrected chi connectivity index (χ1v) is 12.5. The van der Waals surface area contributed by atoms with E-state index in [0.29, 0.717) is 18.7 Å². The molecule has 3 aromatic rings. The normalized spacial score (nSPS) is 15.3. The van der Waals surface area contributed by atoms with E-state index < -0.39 is 12.2 Å². The molecule has 36 heavy (non-hydrogen) atoms. The predicted octanol–water partition coefficient (Wildman–Crippen LogP) is 3.75. The Morgan fingerprint density at radius 1 is 1.08 bits per heavy atom. The smallest absolute Gasteiger partial charge is 0.293 e. The number of aromatic nitrogens is 2. The van der Waals surface area contributed by atoms with Crippen LogP contribution < -0.4 is 10.9 Å². The van der Waals surface area contributed by atoms with E-state index in [4.69, 9.17) is 0 Å². The third kappa shape index (κ3) is 7.03. The highest BCUT2D eigenvalue weighted by Gasteiger charge is 2.18. The van der Waals surface area contributed by atoms with Gasteiger partial charge in [0.1, 0.15) is 6.67 Å². The molecule has 2 heterocycles. The van der Waals surface area contributed by atoms with Crippen LogP contribution in [0.4, 0.5) is 4.39 Å². The second kappa shape index (κ2) is 12.5. The zero-order chi connectivity index (χ0) is 25.3. The lowest BCUT2D eigenvalue weighted by Crippen LogP contribution is -2.32. The molecule has 0 spiro atoms.